The molecule has 5 nitrogen and oxygen atoms in total. The van der Waals surface area contributed by atoms with Crippen LogP contribution in [0.3, 0.4) is 0 Å². The second-order valence-electron chi connectivity index (χ2n) is 5.61. The molecule has 0 radical (unpaired) electrons. The number of ether oxygens (including phenoxy) is 2. The van der Waals surface area contributed by atoms with E-state index in [1.165, 1.54) is 14.2 Å². The molecular weight excluding hydrogens is 234 g/mol. The topological polar surface area (TPSA) is 55.8 Å². The highest BCUT2D eigenvalue weighted by Gasteiger charge is 2.61. The Labute approximate surface area is 107 Å². The van der Waals surface area contributed by atoms with Crippen LogP contribution in [-0.4, -0.2) is 49.2 Å². The van der Waals surface area contributed by atoms with Gasteiger partial charge in [0.25, 0.3) is 0 Å². The summed E-state index contributed by atoms with van der Waals surface area (Å²) in [5, 5.41) is 0. The molecule has 5 heteroatoms. The summed E-state index contributed by atoms with van der Waals surface area (Å²) >= 11 is 0. The Hall–Kier alpha value is -1.10. The van der Waals surface area contributed by atoms with Gasteiger partial charge in [0.05, 0.1) is 26.1 Å². The lowest BCUT2D eigenvalue weighted by molar-refractivity contribution is -0.158. The van der Waals surface area contributed by atoms with E-state index in [9.17, 15) is 9.59 Å². The molecule has 0 aromatic heterocycles. The zero-order chi connectivity index (χ0) is 13.5. The Kier molecular flexibility index (Phi) is 3.36. The van der Waals surface area contributed by atoms with E-state index in [1.54, 1.807) is 0 Å². The summed E-state index contributed by atoms with van der Waals surface area (Å²) in [6.07, 6.45) is 2.01. The fourth-order valence-electron chi connectivity index (χ4n) is 3.71. The molecule has 2 rings (SSSR count). The number of rotatable bonds is 2. The SMILES string of the molecule is COC(=O)[C@@H]1[C@H]2CCCN2C(C)(C)[C@@H]1C(=O)OC. The van der Waals surface area contributed by atoms with Crippen LogP contribution in [0.5, 0.6) is 0 Å². The third-order valence-corrected chi connectivity index (χ3v) is 4.50. The van der Waals surface area contributed by atoms with Crippen molar-refractivity contribution in [2.24, 2.45) is 11.8 Å². The van der Waals surface area contributed by atoms with Crippen LogP contribution in [-0.2, 0) is 19.1 Å². The number of hydrogen-bond donors (Lipinski definition) is 0. The number of methoxy groups -OCH3 is 2. The van der Waals surface area contributed by atoms with E-state index in [4.69, 9.17) is 9.47 Å². The first-order chi connectivity index (χ1) is 8.45. The van der Waals surface area contributed by atoms with Crippen molar-refractivity contribution < 1.29 is 19.1 Å². The minimum atomic E-state index is -0.444. The van der Waals surface area contributed by atoms with Crippen LogP contribution in [0.2, 0.25) is 0 Å². The summed E-state index contributed by atoms with van der Waals surface area (Å²) in [6.45, 7) is 4.95. The molecule has 0 unspecified atom stereocenters. The van der Waals surface area contributed by atoms with E-state index in [-0.39, 0.29) is 23.5 Å². The molecule has 2 aliphatic heterocycles. The van der Waals surface area contributed by atoms with Crippen LogP contribution in [0.25, 0.3) is 0 Å². The van der Waals surface area contributed by atoms with E-state index in [2.05, 4.69) is 4.90 Å². The standard InChI is InChI=1S/C13H21NO4/c1-13(2)10(12(16)18-4)9(11(15)17-3)8-6-5-7-14(8)13/h8-10H,5-7H2,1-4H3/t8-,9-,10+/m1/s1. The van der Waals surface area contributed by atoms with Crippen molar-refractivity contribution in [3.8, 4) is 0 Å². The average molecular weight is 255 g/mol. The Balaban J connectivity index is 2.39. The van der Waals surface area contributed by atoms with Gasteiger partial charge in [-0.3, -0.25) is 14.5 Å². The van der Waals surface area contributed by atoms with Crippen molar-refractivity contribution in [2.75, 3.05) is 20.8 Å². The van der Waals surface area contributed by atoms with Gasteiger partial charge in [-0.2, -0.15) is 0 Å². The van der Waals surface area contributed by atoms with Crippen molar-refractivity contribution in [3.05, 3.63) is 0 Å². The molecule has 2 fully saturated rings. The van der Waals surface area contributed by atoms with Gasteiger partial charge in [0, 0.05) is 11.6 Å². The van der Waals surface area contributed by atoms with Gasteiger partial charge in [0.2, 0.25) is 0 Å². The van der Waals surface area contributed by atoms with Crippen LogP contribution < -0.4 is 0 Å². The molecule has 0 aromatic carbocycles. The molecule has 0 bridgehead atoms. The van der Waals surface area contributed by atoms with Gasteiger partial charge in [-0.25, -0.2) is 0 Å². The summed E-state index contributed by atoms with van der Waals surface area (Å²) in [5.74, 6) is -1.46. The monoisotopic (exact) mass is 255 g/mol. The highest BCUT2D eigenvalue weighted by Crippen LogP contribution is 2.48. The van der Waals surface area contributed by atoms with Crippen LogP contribution in [0.4, 0.5) is 0 Å². The maximum absolute atomic E-state index is 12.0. The lowest BCUT2D eigenvalue weighted by Gasteiger charge is -2.34. The van der Waals surface area contributed by atoms with Gasteiger partial charge in [-0.05, 0) is 33.2 Å². The molecule has 0 spiro atoms. The van der Waals surface area contributed by atoms with Gasteiger partial charge >= 0.3 is 11.9 Å². The molecule has 2 saturated heterocycles. The fraction of sp³-hybridized carbons (Fsp3) is 0.846. The first-order valence-electron chi connectivity index (χ1n) is 6.37. The lowest BCUT2D eigenvalue weighted by Crippen LogP contribution is -2.46. The van der Waals surface area contributed by atoms with E-state index in [1.807, 2.05) is 13.8 Å². The Morgan fingerprint density at radius 2 is 1.78 bits per heavy atom. The molecule has 0 saturated carbocycles. The normalized spacial score (nSPS) is 34.1. The fourth-order valence-corrected chi connectivity index (χ4v) is 3.71. The van der Waals surface area contributed by atoms with Crippen LogP contribution in [0.1, 0.15) is 26.7 Å². The number of carbonyl (C=O) groups excluding carboxylic acids is 2. The van der Waals surface area contributed by atoms with Crippen molar-refractivity contribution in [1.82, 2.24) is 4.90 Å². The first-order valence-corrected chi connectivity index (χ1v) is 6.37. The highest BCUT2D eigenvalue weighted by molar-refractivity contribution is 5.84. The van der Waals surface area contributed by atoms with Gasteiger partial charge < -0.3 is 9.47 Å². The van der Waals surface area contributed by atoms with Crippen molar-refractivity contribution in [3.63, 3.8) is 0 Å². The van der Waals surface area contributed by atoms with Gasteiger partial charge in [-0.1, -0.05) is 0 Å². The second-order valence-corrected chi connectivity index (χ2v) is 5.61. The minimum absolute atomic E-state index is 0.108. The number of hydrogen-bond acceptors (Lipinski definition) is 5. The highest BCUT2D eigenvalue weighted by atomic mass is 16.5. The quantitative estimate of drug-likeness (QED) is 0.684. The molecule has 0 aliphatic carbocycles. The molecule has 2 heterocycles. The van der Waals surface area contributed by atoms with Gasteiger partial charge in [-0.15, -0.1) is 0 Å². The summed E-state index contributed by atoms with van der Waals surface area (Å²) in [5.41, 5.74) is -0.354. The largest absolute Gasteiger partial charge is 0.469 e. The predicted octanol–water partition coefficient (Wildman–Crippen LogP) is 0.821. The molecule has 102 valence electrons. The molecule has 0 aromatic rings. The zero-order valence-corrected chi connectivity index (χ0v) is 11.4. The number of nitrogens with zero attached hydrogens (tertiary/aromatic N) is 1. The first kappa shape index (κ1) is 13.3. The molecule has 0 amide bonds. The van der Waals surface area contributed by atoms with E-state index >= 15 is 0 Å². The molecule has 3 atom stereocenters. The molecular formula is C13H21NO4. The minimum Gasteiger partial charge on any atom is -0.469 e. The Morgan fingerprint density at radius 1 is 1.17 bits per heavy atom. The maximum atomic E-state index is 12.0. The van der Waals surface area contributed by atoms with Crippen LogP contribution in [0, 0.1) is 11.8 Å². The van der Waals surface area contributed by atoms with Gasteiger partial charge in [0.1, 0.15) is 0 Å². The lowest BCUT2D eigenvalue weighted by atomic mass is 9.79. The zero-order valence-electron chi connectivity index (χ0n) is 11.4. The van der Waals surface area contributed by atoms with E-state index < -0.39 is 11.8 Å². The van der Waals surface area contributed by atoms with Crippen LogP contribution in [0.15, 0.2) is 0 Å². The predicted molar refractivity (Wildman–Crippen MR) is 64.8 cm³/mol. The van der Waals surface area contributed by atoms with E-state index in [0.717, 1.165) is 19.4 Å². The van der Waals surface area contributed by atoms with Crippen LogP contribution >= 0.6 is 0 Å². The third-order valence-electron chi connectivity index (χ3n) is 4.50. The number of esters is 2. The van der Waals surface area contributed by atoms with Crippen molar-refractivity contribution in [1.29, 1.82) is 0 Å². The smallest absolute Gasteiger partial charge is 0.311 e. The molecule has 18 heavy (non-hydrogen) atoms. The number of carbonyl (C=O) groups is 2. The number of fused-ring (bicyclic) bond motifs is 1. The van der Waals surface area contributed by atoms with Gasteiger partial charge in [0.15, 0.2) is 0 Å². The average Bonchev–Trinajstić information content (AvgIpc) is 2.89. The second kappa shape index (κ2) is 4.53. The summed E-state index contributed by atoms with van der Waals surface area (Å²) in [4.78, 5) is 26.3. The summed E-state index contributed by atoms with van der Waals surface area (Å²) < 4.78 is 9.77. The Morgan fingerprint density at radius 3 is 2.33 bits per heavy atom. The summed E-state index contributed by atoms with van der Waals surface area (Å²) in [7, 11) is 2.75. The molecule has 2 aliphatic rings. The third kappa shape index (κ3) is 1.72. The van der Waals surface area contributed by atoms with Crippen molar-refractivity contribution in [2.45, 2.75) is 38.3 Å². The Bertz CT molecular complexity index is 366. The van der Waals surface area contributed by atoms with Crippen molar-refractivity contribution >= 4 is 11.9 Å². The summed E-state index contributed by atoms with van der Waals surface area (Å²) in [6, 6.07) is 0.108. The maximum Gasteiger partial charge on any atom is 0.311 e. The van der Waals surface area contributed by atoms with E-state index in [0.29, 0.717) is 0 Å². The molecule has 0 N–H and O–H groups in total.